The van der Waals surface area contributed by atoms with Crippen molar-refractivity contribution >= 4 is 30.4 Å². The fourth-order valence-corrected chi connectivity index (χ4v) is 3.52. The van der Waals surface area contributed by atoms with Crippen molar-refractivity contribution in [2.75, 3.05) is 38.6 Å². The highest BCUT2D eigenvalue weighted by Crippen LogP contribution is 2.43. The third kappa shape index (κ3) is 7.90. The maximum absolute atomic E-state index is 11.3. The lowest BCUT2D eigenvalue weighted by molar-refractivity contribution is -0.0376. The van der Waals surface area contributed by atoms with Gasteiger partial charge in [-0.2, -0.15) is 25.3 Å². The van der Waals surface area contributed by atoms with Gasteiger partial charge in [-0.25, -0.2) is 0 Å². The molecule has 0 heterocycles. The maximum atomic E-state index is 11.3. The maximum Gasteiger partial charge on any atom is 0.264 e. The Morgan fingerprint density at radius 1 is 0.739 bits per heavy atom. The molecule has 0 radical (unpaired) electrons. The van der Waals surface area contributed by atoms with Crippen molar-refractivity contribution in [2.24, 2.45) is 11.3 Å². The van der Waals surface area contributed by atoms with E-state index in [1.54, 1.807) is 0 Å². The summed E-state index contributed by atoms with van der Waals surface area (Å²) in [5.74, 6) is -0.159. The Kier molecular flexibility index (Phi) is 6.61. The van der Waals surface area contributed by atoms with Gasteiger partial charge in [-0.1, -0.05) is 6.42 Å². The molecule has 0 unspecified atom stereocenters. The lowest BCUT2D eigenvalue weighted by atomic mass is 9.66. The monoisotopic (exact) mass is 394 g/mol. The van der Waals surface area contributed by atoms with Crippen molar-refractivity contribution in [1.82, 2.24) is 0 Å². The zero-order valence-electron chi connectivity index (χ0n) is 13.2. The summed E-state index contributed by atoms with van der Waals surface area (Å²) in [6.45, 7) is -1.25. The highest BCUT2D eigenvalue weighted by atomic mass is 32.2. The molecule has 1 fully saturated rings. The van der Waals surface area contributed by atoms with Crippen molar-refractivity contribution < 1.29 is 37.8 Å². The molecule has 0 amide bonds. The van der Waals surface area contributed by atoms with Gasteiger partial charge in [0.2, 0.25) is 0 Å². The molecule has 1 aliphatic rings. The van der Waals surface area contributed by atoms with Crippen LogP contribution in [0.1, 0.15) is 19.3 Å². The van der Waals surface area contributed by atoms with Crippen molar-refractivity contribution in [3.63, 3.8) is 0 Å². The van der Waals surface area contributed by atoms with Crippen LogP contribution in [0.4, 0.5) is 0 Å². The smallest absolute Gasteiger partial charge is 0.264 e. The normalized spacial score (nSPS) is 17.9. The van der Waals surface area contributed by atoms with E-state index < -0.39 is 55.6 Å². The molecule has 0 bridgehead atoms. The Morgan fingerprint density at radius 2 is 1.04 bits per heavy atom. The second kappa shape index (κ2) is 7.31. The first-order valence-electron chi connectivity index (χ1n) is 6.76. The van der Waals surface area contributed by atoms with Crippen molar-refractivity contribution in [1.29, 1.82) is 0 Å². The summed E-state index contributed by atoms with van der Waals surface area (Å²) in [5.41, 5.74) is -1.19. The van der Waals surface area contributed by atoms with Gasteiger partial charge < -0.3 is 0 Å². The number of hydrogen-bond donors (Lipinski definition) is 0. The summed E-state index contributed by atoms with van der Waals surface area (Å²) in [5, 5.41) is 0. The lowest BCUT2D eigenvalue weighted by Gasteiger charge is -2.43. The van der Waals surface area contributed by atoms with Gasteiger partial charge in [0.15, 0.2) is 0 Å². The summed E-state index contributed by atoms with van der Waals surface area (Å²) < 4.78 is 82.0. The van der Waals surface area contributed by atoms with E-state index in [-0.39, 0.29) is 5.92 Å². The quantitative estimate of drug-likeness (QED) is 0.458. The molecule has 0 aromatic carbocycles. The molecular weight excluding hydrogens is 372 g/mol. The van der Waals surface area contributed by atoms with E-state index in [0.717, 1.165) is 25.2 Å². The van der Waals surface area contributed by atoms with Gasteiger partial charge in [0.05, 0.1) is 38.6 Å². The van der Waals surface area contributed by atoms with Gasteiger partial charge in [-0.15, -0.1) is 0 Å². The van der Waals surface area contributed by atoms with Crippen LogP contribution < -0.4 is 0 Å². The van der Waals surface area contributed by atoms with E-state index in [1.807, 2.05) is 0 Å². The van der Waals surface area contributed by atoms with Crippen LogP contribution >= 0.6 is 0 Å². The van der Waals surface area contributed by atoms with E-state index in [9.17, 15) is 25.3 Å². The zero-order valence-corrected chi connectivity index (χ0v) is 15.7. The van der Waals surface area contributed by atoms with Gasteiger partial charge in [-0.3, -0.25) is 12.5 Å². The molecule has 1 aliphatic carbocycles. The Hall–Kier alpha value is -0.270. The third-order valence-electron chi connectivity index (χ3n) is 3.65. The van der Waals surface area contributed by atoms with E-state index in [2.05, 4.69) is 0 Å². The summed E-state index contributed by atoms with van der Waals surface area (Å²) >= 11 is 0. The molecule has 0 aromatic heterocycles. The second-order valence-electron chi connectivity index (χ2n) is 5.89. The van der Waals surface area contributed by atoms with Crippen molar-refractivity contribution in [2.45, 2.75) is 19.3 Å². The van der Waals surface area contributed by atoms with Gasteiger partial charge in [0.1, 0.15) is 0 Å². The summed E-state index contributed by atoms with van der Waals surface area (Å²) in [6, 6.07) is 0. The molecule has 0 saturated heterocycles. The number of hydrogen-bond acceptors (Lipinski definition) is 9. The minimum absolute atomic E-state index is 0.159. The molecule has 0 aliphatic heterocycles. The minimum atomic E-state index is -3.79. The van der Waals surface area contributed by atoms with Gasteiger partial charge in [0.25, 0.3) is 30.4 Å². The van der Waals surface area contributed by atoms with E-state index in [0.29, 0.717) is 12.8 Å². The Balaban J connectivity index is 3.04. The second-order valence-corrected chi connectivity index (χ2v) is 10.8. The Morgan fingerprint density at radius 3 is 1.22 bits per heavy atom. The molecule has 9 nitrogen and oxygen atoms in total. The first kappa shape index (κ1) is 20.8. The van der Waals surface area contributed by atoms with Crippen LogP contribution in [0.25, 0.3) is 0 Å². The first-order valence-corrected chi connectivity index (χ1v) is 12.2. The summed E-state index contributed by atoms with van der Waals surface area (Å²) in [6.07, 6.45) is 4.78. The van der Waals surface area contributed by atoms with Crippen molar-refractivity contribution in [3.8, 4) is 0 Å². The highest BCUT2D eigenvalue weighted by Gasteiger charge is 2.45. The van der Waals surface area contributed by atoms with Crippen molar-refractivity contribution in [3.05, 3.63) is 0 Å². The molecule has 138 valence electrons. The van der Waals surface area contributed by atoms with Crippen LogP contribution in [0.2, 0.25) is 0 Å². The topological polar surface area (TPSA) is 130 Å². The molecule has 0 N–H and O–H groups in total. The molecule has 1 rings (SSSR count). The third-order valence-corrected chi connectivity index (χ3v) is 5.29. The molecule has 0 atom stereocenters. The summed E-state index contributed by atoms with van der Waals surface area (Å²) in [4.78, 5) is 0. The fourth-order valence-electron chi connectivity index (χ4n) is 2.17. The first-order chi connectivity index (χ1) is 10.2. The average molecular weight is 394 g/mol. The molecule has 23 heavy (non-hydrogen) atoms. The fraction of sp³-hybridized carbons (Fsp3) is 1.00. The zero-order chi connectivity index (χ0) is 17.9. The number of rotatable bonds is 10. The van der Waals surface area contributed by atoms with Crippen LogP contribution in [-0.4, -0.2) is 63.8 Å². The van der Waals surface area contributed by atoms with Crippen LogP contribution in [0.15, 0.2) is 0 Å². The SMILES string of the molecule is CS(=O)(=O)OCC(COS(C)(=O)=O)(COS(C)(=O)=O)C1CCC1. The largest absolute Gasteiger partial charge is 0.270 e. The molecule has 12 heteroatoms. The van der Waals surface area contributed by atoms with Crippen LogP contribution in [0.5, 0.6) is 0 Å². The molecule has 0 aromatic rings. The van der Waals surface area contributed by atoms with Gasteiger partial charge in [-0.05, 0) is 18.8 Å². The Bertz CT molecular complexity index is 613. The minimum Gasteiger partial charge on any atom is -0.270 e. The van der Waals surface area contributed by atoms with Gasteiger partial charge >= 0.3 is 0 Å². The van der Waals surface area contributed by atoms with E-state index in [4.69, 9.17) is 12.5 Å². The lowest BCUT2D eigenvalue weighted by Crippen LogP contribution is -2.47. The standard InChI is InChI=1S/C11H22O9S3/c1-21(12,13)18-7-11(10-5-4-6-10,8-19-22(2,14)15)9-20-23(3,16)17/h10H,4-9H2,1-3H3. The van der Waals surface area contributed by atoms with Crippen LogP contribution in [-0.2, 0) is 42.9 Å². The molecule has 1 saturated carbocycles. The average Bonchev–Trinajstić information content (AvgIpc) is 2.25. The van der Waals surface area contributed by atoms with Crippen LogP contribution in [0, 0.1) is 11.3 Å². The van der Waals surface area contributed by atoms with Crippen LogP contribution in [0.3, 0.4) is 0 Å². The summed E-state index contributed by atoms with van der Waals surface area (Å²) in [7, 11) is -11.4. The van der Waals surface area contributed by atoms with E-state index in [1.165, 1.54) is 0 Å². The molecular formula is C11H22O9S3. The predicted octanol–water partition coefficient (Wildman–Crippen LogP) is -0.298. The van der Waals surface area contributed by atoms with E-state index >= 15 is 0 Å². The highest BCUT2D eigenvalue weighted by molar-refractivity contribution is 7.86. The Labute approximate surface area is 137 Å². The molecule has 0 spiro atoms. The van der Waals surface area contributed by atoms with Gasteiger partial charge in [0, 0.05) is 5.41 Å². The predicted molar refractivity (Wildman–Crippen MR) is 82.2 cm³/mol.